The predicted octanol–water partition coefficient (Wildman–Crippen LogP) is 2.21. The molecule has 17 heavy (non-hydrogen) atoms. The lowest BCUT2D eigenvalue weighted by Crippen LogP contribution is -2.79. The van der Waals surface area contributed by atoms with E-state index < -0.39 is 5.60 Å². The molecule has 2 aliphatic rings. The van der Waals surface area contributed by atoms with Gasteiger partial charge in [0.2, 0.25) is 0 Å². The number of nitrogens with zero attached hydrogens (tertiary/aromatic N) is 2. The molecule has 96 valence electrons. The molecular formula is C13H22N2O2. The first-order valence-corrected chi connectivity index (χ1v) is 6.22. The first-order chi connectivity index (χ1) is 7.83. The molecule has 2 aliphatic heterocycles. The van der Waals surface area contributed by atoms with Crippen LogP contribution in [0.2, 0.25) is 0 Å². The van der Waals surface area contributed by atoms with E-state index in [-0.39, 0.29) is 6.09 Å². The summed E-state index contributed by atoms with van der Waals surface area (Å²) in [6, 6.07) is 0.874. The van der Waals surface area contributed by atoms with Crippen molar-refractivity contribution in [3.8, 4) is 0 Å². The van der Waals surface area contributed by atoms with Crippen molar-refractivity contribution in [3.63, 3.8) is 0 Å². The minimum absolute atomic E-state index is 0.170. The second-order valence-corrected chi connectivity index (χ2v) is 5.85. The highest BCUT2D eigenvalue weighted by molar-refractivity contribution is 5.70. The molecule has 4 nitrogen and oxygen atoms in total. The summed E-state index contributed by atoms with van der Waals surface area (Å²) in [5.74, 6) is 0. The van der Waals surface area contributed by atoms with Gasteiger partial charge in [0.1, 0.15) is 5.60 Å². The van der Waals surface area contributed by atoms with E-state index in [1.54, 1.807) is 0 Å². The summed E-state index contributed by atoms with van der Waals surface area (Å²) in [5, 5.41) is 0. The molecule has 0 saturated carbocycles. The summed E-state index contributed by atoms with van der Waals surface area (Å²) in [6.45, 7) is 11.6. The fraction of sp³-hybridized carbons (Fsp3) is 0.769. The van der Waals surface area contributed by atoms with Gasteiger partial charge in [-0.2, -0.15) is 0 Å². The average molecular weight is 238 g/mol. The van der Waals surface area contributed by atoms with Gasteiger partial charge >= 0.3 is 6.09 Å². The van der Waals surface area contributed by atoms with E-state index in [1.807, 2.05) is 32.6 Å². The van der Waals surface area contributed by atoms with Gasteiger partial charge in [0.15, 0.2) is 0 Å². The lowest BCUT2D eigenvalue weighted by molar-refractivity contribution is -0.104. The van der Waals surface area contributed by atoms with Crippen molar-refractivity contribution in [3.05, 3.63) is 11.8 Å². The number of hydrogen-bond acceptors (Lipinski definition) is 3. The van der Waals surface area contributed by atoms with E-state index in [0.717, 1.165) is 13.1 Å². The first-order valence-electron chi connectivity index (χ1n) is 6.22. The molecule has 2 unspecified atom stereocenters. The molecule has 0 spiro atoms. The maximum absolute atomic E-state index is 11.8. The number of likely N-dealkylation sites (tertiary alicyclic amines) is 2. The van der Waals surface area contributed by atoms with E-state index in [4.69, 9.17) is 4.74 Å². The van der Waals surface area contributed by atoms with Crippen molar-refractivity contribution < 1.29 is 9.53 Å². The molecule has 0 aromatic carbocycles. The number of hydrogen-bond donors (Lipinski definition) is 0. The Labute approximate surface area is 103 Å². The lowest BCUT2D eigenvalue weighted by Gasteiger charge is -2.62. The van der Waals surface area contributed by atoms with Gasteiger partial charge in [-0.05, 0) is 34.6 Å². The van der Waals surface area contributed by atoms with E-state index in [2.05, 4.69) is 17.9 Å². The lowest BCUT2D eigenvalue weighted by atomic mass is 9.85. The van der Waals surface area contributed by atoms with Crippen LogP contribution in [0.3, 0.4) is 0 Å². The zero-order chi connectivity index (χ0) is 12.8. The number of piperazine rings is 1. The number of allylic oxidation sites excluding steroid dienone is 2. The molecule has 2 saturated heterocycles. The zero-order valence-electron chi connectivity index (χ0n) is 11.4. The summed E-state index contributed by atoms with van der Waals surface area (Å²) in [5.41, 5.74) is 0.903. The topological polar surface area (TPSA) is 32.8 Å². The highest BCUT2D eigenvalue weighted by Gasteiger charge is 2.54. The van der Waals surface area contributed by atoms with Crippen LogP contribution in [0, 0.1) is 0 Å². The van der Waals surface area contributed by atoms with Gasteiger partial charge in [-0.15, -0.1) is 0 Å². The summed E-state index contributed by atoms with van der Waals surface area (Å²) < 4.78 is 5.37. The maximum atomic E-state index is 11.8. The fourth-order valence-electron chi connectivity index (χ4n) is 2.36. The van der Waals surface area contributed by atoms with Gasteiger partial charge in [0.25, 0.3) is 0 Å². The number of rotatable bonds is 1. The van der Waals surface area contributed by atoms with E-state index in [1.165, 1.54) is 5.70 Å². The molecule has 0 bridgehead atoms. The van der Waals surface area contributed by atoms with Crippen LogP contribution in [0.5, 0.6) is 0 Å². The summed E-state index contributed by atoms with van der Waals surface area (Å²) in [4.78, 5) is 16.0. The van der Waals surface area contributed by atoms with Crippen molar-refractivity contribution >= 4 is 6.09 Å². The summed E-state index contributed by atoms with van der Waals surface area (Å²) >= 11 is 0. The molecule has 2 fully saturated rings. The summed E-state index contributed by atoms with van der Waals surface area (Å²) in [6.07, 6.45) is 1.95. The van der Waals surface area contributed by atoms with E-state index in [0.29, 0.717) is 12.1 Å². The minimum Gasteiger partial charge on any atom is -0.444 e. The Morgan fingerprint density at radius 3 is 2.18 bits per heavy atom. The van der Waals surface area contributed by atoms with Gasteiger partial charge in [-0.3, -0.25) is 4.90 Å². The van der Waals surface area contributed by atoms with Crippen molar-refractivity contribution in [2.24, 2.45) is 0 Å². The number of ether oxygens (including phenoxy) is 1. The number of amides is 1. The first kappa shape index (κ1) is 12.3. The Hall–Kier alpha value is -1.19. The molecule has 2 atom stereocenters. The Kier molecular flexibility index (Phi) is 2.84. The molecule has 1 amide bonds. The molecular weight excluding hydrogens is 216 g/mol. The molecule has 4 heteroatoms. The second-order valence-electron chi connectivity index (χ2n) is 5.85. The standard InChI is InChI=1S/C13H22N2O2/c1-6-9(2)14-7-11-10(14)8-15(11)12(16)17-13(3,4)5/h6,10-11H,7-8H2,1-5H3. The van der Waals surface area contributed by atoms with Crippen LogP contribution in [0.25, 0.3) is 0 Å². The minimum atomic E-state index is -0.398. The molecule has 0 radical (unpaired) electrons. The van der Waals surface area contributed by atoms with Crippen LogP contribution in [0.1, 0.15) is 34.6 Å². The van der Waals surface area contributed by atoms with Crippen LogP contribution in [-0.2, 0) is 4.74 Å². The molecule has 2 heterocycles. The van der Waals surface area contributed by atoms with Gasteiger partial charge in [0, 0.05) is 18.8 Å². The predicted molar refractivity (Wildman–Crippen MR) is 66.7 cm³/mol. The van der Waals surface area contributed by atoms with Gasteiger partial charge in [0.05, 0.1) is 12.1 Å². The van der Waals surface area contributed by atoms with Crippen LogP contribution in [0.15, 0.2) is 11.8 Å². The molecule has 0 N–H and O–H groups in total. The van der Waals surface area contributed by atoms with E-state index in [9.17, 15) is 4.79 Å². The molecule has 0 aromatic rings. The third-order valence-electron chi connectivity index (χ3n) is 3.51. The highest BCUT2D eigenvalue weighted by atomic mass is 16.6. The third kappa shape index (κ3) is 2.13. The van der Waals surface area contributed by atoms with Crippen LogP contribution in [0.4, 0.5) is 4.79 Å². The quantitative estimate of drug-likeness (QED) is 0.702. The molecule has 0 aliphatic carbocycles. The fourth-order valence-corrected chi connectivity index (χ4v) is 2.36. The maximum Gasteiger partial charge on any atom is 0.410 e. The van der Waals surface area contributed by atoms with Crippen molar-refractivity contribution in [1.82, 2.24) is 9.80 Å². The zero-order valence-corrected chi connectivity index (χ0v) is 11.4. The van der Waals surface area contributed by atoms with Crippen molar-refractivity contribution in [2.45, 2.75) is 52.3 Å². The Balaban J connectivity index is 1.85. The smallest absolute Gasteiger partial charge is 0.410 e. The number of fused-ring (bicyclic) bond motifs is 1. The normalized spacial score (nSPS) is 28.2. The SMILES string of the molecule is CC=C(C)N1CC2C1CN2C(=O)OC(C)(C)C. The Morgan fingerprint density at radius 1 is 1.24 bits per heavy atom. The monoisotopic (exact) mass is 238 g/mol. The largest absolute Gasteiger partial charge is 0.444 e. The number of carbonyl (C=O) groups excluding carboxylic acids is 1. The van der Waals surface area contributed by atoms with Crippen LogP contribution < -0.4 is 0 Å². The summed E-state index contributed by atoms with van der Waals surface area (Å²) in [7, 11) is 0. The second kappa shape index (κ2) is 3.93. The number of carbonyl (C=O) groups is 1. The van der Waals surface area contributed by atoms with Crippen LogP contribution in [-0.4, -0.2) is 46.7 Å². The third-order valence-corrected chi connectivity index (χ3v) is 3.51. The van der Waals surface area contributed by atoms with E-state index >= 15 is 0 Å². The highest BCUT2D eigenvalue weighted by Crippen LogP contribution is 2.36. The Bertz CT molecular complexity index is 357. The molecule has 2 rings (SSSR count). The van der Waals surface area contributed by atoms with Gasteiger partial charge < -0.3 is 9.64 Å². The van der Waals surface area contributed by atoms with Gasteiger partial charge in [-0.25, -0.2) is 4.79 Å². The Morgan fingerprint density at radius 2 is 1.76 bits per heavy atom. The van der Waals surface area contributed by atoms with Crippen molar-refractivity contribution in [2.75, 3.05) is 13.1 Å². The average Bonchev–Trinajstić information content (AvgIpc) is 2.17. The van der Waals surface area contributed by atoms with Crippen molar-refractivity contribution in [1.29, 1.82) is 0 Å². The van der Waals surface area contributed by atoms with Gasteiger partial charge in [-0.1, -0.05) is 6.08 Å². The molecule has 0 aromatic heterocycles. The van der Waals surface area contributed by atoms with Crippen LogP contribution >= 0.6 is 0 Å².